The molecule has 0 radical (unpaired) electrons. The number of aromatic amines is 1. The Kier molecular flexibility index (Phi) is 4.47. The second-order valence-corrected chi connectivity index (χ2v) is 5.52. The van der Waals surface area contributed by atoms with Crippen LogP contribution in [0.5, 0.6) is 0 Å². The van der Waals surface area contributed by atoms with E-state index in [1.807, 2.05) is 0 Å². The molecule has 1 rings (SSSR count). The number of nitrogens with one attached hydrogen (secondary N) is 1. The fourth-order valence-electron chi connectivity index (χ4n) is 1.52. The van der Waals surface area contributed by atoms with Crippen molar-refractivity contribution in [3.8, 4) is 0 Å². The minimum Gasteiger partial charge on any atom is -0.454 e. The average molecular weight is 282 g/mol. The van der Waals surface area contributed by atoms with Crippen LogP contribution in [0.1, 0.15) is 26.3 Å². The molecule has 1 N–H and O–H groups in total. The van der Waals surface area contributed by atoms with Gasteiger partial charge < -0.3 is 9.30 Å². The lowest BCUT2D eigenvalue weighted by Gasteiger charge is -2.26. The molecule has 0 aliphatic heterocycles. The molecular weight excluding hydrogens is 264 g/mol. The molecule has 0 amide bonds. The Hall–Kier alpha value is -1.69. The Labute approximate surface area is 116 Å². The van der Waals surface area contributed by atoms with Crippen LogP contribution in [0.2, 0.25) is 0 Å². The second-order valence-electron chi connectivity index (χ2n) is 5.13. The second kappa shape index (κ2) is 5.52. The van der Waals surface area contributed by atoms with Crippen molar-refractivity contribution in [1.82, 2.24) is 9.55 Å². The van der Waals surface area contributed by atoms with E-state index in [0.717, 1.165) is 0 Å². The van der Waals surface area contributed by atoms with Gasteiger partial charge in [0.15, 0.2) is 4.77 Å². The van der Waals surface area contributed by atoms with Gasteiger partial charge >= 0.3 is 5.97 Å². The lowest BCUT2D eigenvalue weighted by atomic mass is 10.1. The summed E-state index contributed by atoms with van der Waals surface area (Å²) < 4.78 is 7.31. The fraction of sp³-hybridized carbons (Fsp3) is 0.462. The first-order valence-electron chi connectivity index (χ1n) is 5.81. The molecule has 0 saturated heterocycles. The summed E-state index contributed by atoms with van der Waals surface area (Å²) in [4.78, 5) is 25.5. The van der Waals surface area contributed by atoms with E-state index in [9.17, 15) is 9.59 Å². The van der Waals surface area contributed by atoms with Crippen molar-refractivity contribution in [1.29, 1.82) is 0 Å². The SMILES string of the molecule is C=C(C)C(=O)OC(C)(C)Cn1cc(C)c(=O)[nH]c1=S. The molecule has 104 valence electrons. The normalized spacial score (nSPS) is 11.2. The van der Waals surface area contributed by atoms with Crippen LogP contribution >= 0.6 is 12.2 Å². The minimum absolute atomic E-state index is 0.210. The molecule has 0 unspecified atom stereocenters. The highest BCUT2D eigenvalue weighted by molar-refractivity contribution is 7.71. The highest BCUT2D eigenvalue weighted by Gasteiger charge is 2.24. The molecule has 0 fully saturated rings. The molecule has 0 atom stereocenters. The molecule has 5 nitrogen and oxygen atoms in total. The number of aryl methyl sites for hydroxylation is 1. The van der Waals surface area contributed by atoms with Gasteiger partial charge in [-0.25, -0.2) is 4.79 Å². The molecule has 0 bridgehead atoms. The predicted octanol–water partition coefficient (Wildman–Crippen LogP) is 2.11. The summed E-state index contributed by atoms with van der Waals surface area (Å²) >= 11 is 5.08. The summed E-state index contributed by atoms with van der Waals surface area (Å²) in [6.07, 6.45) is 1.65. The van der Waals surface area contributed by atoms with Crippen LogP contribution in [-0.4, -0.2) is 21.1 Å². The Morgan fingerprint density at radius 1 is 1.58 bits per heavy atom. The molecule has 0 spiro atoms. The standard InChI is InChI=1S/C13H18N2O3S/c1-8(2)11(17)18-13(4,5)7-15-6-9(3)10(16)14-12(15)19/h6H,1,7H2,2-5H3,(H,14,16,19). The zero-order valence-corrected chi connectivity index (χ0v) is 12.4. The van der Waals surface area contributed by atoms with E-state index < -0.39 is 11.6 Å². The van der Waals surface area contributed by atoms with Gasteiger partial charge in [0.2, 0.25) is 0 Å². The molecule has 0 aliphatic rings. The summed E-state index contributed by atoms with van der Waals surface area (Å²) in [7, 11) is 0. The monoisotopic (exact) mass is 282 g/mol. The van der Waals surface area contributed by atoms with Crippen molar-refractivity contribution in [3.05, 3.63) is 39.0 Å². The van der Waals surface area contributed by atoms with Crippen molar-refractivity contribution in [2.45, 2.75) is 39.8 Å². The minimum atomic E-state index is -0.751. The molecule has 1 aromatic rings. The summed E-state index contributed by atoms with van der Waals surface area (Å²) in [5, 5.41) is 0. The van der Waals surface area contributed by atoms with E-state index in [4.69, 9.17) is 17.0 Å². The van der Waals surface area contributed by atoms with E-state index in [2.05, 4.69) is 11.6 Å². The number of nitrogens with zero attached hydrogens (tertiary/aromatic N) is 1. The summed E-state index contributed by atoms with van der Waals surface area (Å²) in [5.41, 5.74) is -0.0678. The third-order valence-electron chi connectivity index (χ3n) is 2.46. The van der Waals surface area contributed by atoms with Gasteiger partial charge in [0.25, 0.3) is 5.56 Å². The van der Waals surface area contributed by atoms with E-state index in [0.29, 0.717) is 22.5 Å². The molecule has 1 aromatic heterocycles. The van der Waals surface area contributed by atoms with Crippen LogP contribution in [0.25, 0.3) is 0 Å². The number of aromatic nitrogens is 2. The van der Waals surface area contributed by atoms with Gasteiger partial charge in [-0.05, 0) is 39.9 Å². The van der Waals surface area contributed by atoms with Gasteiger partial charge in [-0.3, -0.25) is 9.78 Å². The third-order valence-corrected chi connectivity index (χ3v) is 2.79. The zero-order chi connectivity index (χ0) is 14.8. The third kappa shape index (κ3) is 4.17. The zero-order valence-electron chi connectivity index (χ0n) is 11.6. The number of H-pyrrole nitrogens is 1. The first-order valence-corrected chi connectivity index (χ1v) is 6.22. The first-order chi connectivity index (χ1) is 8.62. The van der Waals surface area contributed by atoms with Crippen LogP contribution in [0.3, 0.4) is 0 Å². The summed E-state index contributed by atoms with van der Waals surface area (Å²) in [6, 6.07) is 0. The van der Waals surface area contributed by atoms with Crippen molar-refractivity contribution in [2.24, 2.45) is 0 Å². The van der Waals surface area contributed by atoms with Crippen molar-refractivity contribution in [2.75, 3.05) is 0 Å². The fourth-order valence-corrected chi connectivity index (χ4v) is 1.73. The van der Waals surface area contributed by atoms with E-state index in [1.165, 1.54) is 0 Å². The van der Waals surface area contributed by atoms with Crippen molar-refractivity contribution in [3.63, 3.8) is 0 Å². The number of hydrogen-bond donors (Lipinski definition) is 1. The van der Waals surface area contributed by atoms with Gasteiger partial charge in [0.05, 0.1) is 6.54 Å². The molecule has 0 saturated carbocycles. The van der Waals surface area contributed by atoms with Crippen molar-refractivity contribution < 1.29 is 9.53 Å². The highest BCUT2D eigenvalue weighted by atomic mass is 32.1. The molecule has 0 aromatic carbocycles. The largest absolute Gasteiger partial charge is 0.454 e. The Bertz CT molecular complexity index is 626. The Morgan fingerprint density at radius 3 is 2.68 bits per heavy atom. The van der Waals surface area contributed by atoms with E-state index in [-0.39, 0.29) is 5.56 Å². The quantitative estimate of drug-likeness (QED) is 0.522. The molecule has 19 heavy (non-hydrogen) atoms. The number of carbonyl (C=O) groups is 1. The Morgan fingerprint density at radius 2 is 2.16 bits per heavy atom. The maximum atomic E-state index is 11.5. The summed E-state index contributed by atoms with van der Waals surface area (Å²) in [5.74, 6) is -0.447. The van der Waals surface area contributed by atoms with Gasteiger partial charge in [-0.2, -0.15) is 0 Å². The van der Waals surface area contributed by atoms with Gasteiger partial charge in [-0.1, -0.05) is 6.58 Å². The van der Waals surface area contributed by atoms with Gasteiger partial charge in [-0.15, -0.1) is 0 Å². The van der Waals surface area contributed by atoms with E-state index in [1.54, 1.807) is 38.5 Å². The lowest BCUT2D eigenvalue weighted by Crippen LogP contribution is -2.34. The molecular formula is C13H18N2O3S. The Balaban J connectivity index is 2.98. The topological polar surface area (TPSA) is 64.1 Å². The highest BCUT2D eigenvalue weighted by Crippen LogP contribution is 2.14. The van der Waals surface area contributed by atoms with E-state index >= 15 is 0 Å². The maximum absolute atomic E-state index is 11.5. The molecule has 0 aliphatic carbocycles. The summed E-state index contributed by atoms with van der Waals surface area (Å²) in [6.45, 7) is 10.7. The number of esters is 1. The number of hydrogen-bond acceptors (Lipinski definition) is 4. The average Bonchev–Trinajstić information content (AvgIpc) is 2.24. The van der Waals surface area contributed by atoms with Crippen molar-refractivity contribution >= 4 is 18.2 Å². The van der Waals surface area contributed by atoms with Gasteiger partial charge in [0.1, 0.15) is 5.60 Å². The van der Waals surface area contributed by atoms with Crippen LogP contribution in [0.15, 0.2) is 23.1 Å². The predicted molar refractivity (Wildman–Crippen MR) is 75.6 cm³/mol. The maximum Gasteiger partial charge on any atom is 0.333 e. The molecule has 1 heterocycles. The number of ether oxygens (including phenoxy) is 1. The number of rotatable bonds is 4. The molecule has 6 heteroatoms. The van der Waals surface area contributed by atoms with Crippen LogP contribution < -0.4 is 5.56 Å². The van der Waals surface area contributed by atoms with Crippen LogP contribution in [-0.2, 0) is 16.1 Å². The smallest absolute Gasteiger partial charge is 0.333 e. The van der Waals surface area contributed by atoms with Gasteiger partial charge in [0, 0.05) is 17.3 Å². The first kappa shape index (κ1) is 15.4. The van der Waals surface area contributed by atoms with Crippen LogP contribution in [0.4, 0.5) is 0 Å². The van der Waals surface area contributed by atoms with Crippen LogP contribution in [0, 0.1) is 11.7 Å². The lowest BCUT2D eigenvalue weighted by molar-refractivity contribution is -0.152. The number of carbonyl (C=O) groups excluding carboxylic acids is 1.